The van der Waals surface area contributed by atoms with Crippen molar-refractivity contribution in [3.63, 3.8) is 0 Å². The molecule has 3 N–H and O–H groups in total. The van der Waals surface area contributed by atoms with Gasteiger partial charge >= 0.3 is 12.2 Å². The molecule has 0 unspecified atom stereocenters. The Morgan fingerprint density at radius 2 is 2.10 bits per heavy atom. The molecule has 106 valence electrons. The summed E-state index contributed by atoms with van der Waals surface area (Å²) in [6.07, 6.45) is -3.21. The van der Waals surface area contributed by atoms with E-state index < -0.39 is 23.1 Å². The minimum Gasteiger partial charge on any atom is -0.423 e. The smallest absolute Gasteiger partial charge is 0.417 e. The van der Waals surface area contributed by atoms with Gasteiger partial charge < -0.3 is 10.5 Å². The average Bonchev–Trinajstić information content (AvgIpc) is 2.73. The van der Waals surface area contributed by atoms with Crippen LogP contribution in [0.4, 0.5) is 13.2 Å². The van der Waals surface area contributed by atoms with Crippen LogP contribution in [0, 0.1) is 5.41 Å². The Bertz CT molecular complexity index is 650. The van der Waals surface area contributed by atoms with E-state index in [1.807, 2.05) is 0 Å². The van der Waals surface area contributed by atoms with Crippen LogP contribution in [0.1, 0.15) is 11.1 Å². The number of aromatic nitrogens is 3. The minimum atomic E-state index is -4.59. The van der Waals surface area contributed by atoms with Gasteiger partial charge in [-0.15, -0.1) is 5.10 Å². The molecule has 0 amide bonds. The van der Waals surface area contributed by atoms with Gasteiger partial charge in [0.1, 0.15) is 17.9 Å². The van der Waals surface area contributed by atoms with E-state index in [9.17, 15) is 13.2 Å². The predicted molar refractivity (Wildman–Crippen MR) is 63.5 cm³/mol. The molecule has 0 saturated carbocycles. The maximum absolute atomic E-state index is 12.7. The molecular weight excluding hydrogens is 275 g/mol. The van der Waals surface area contributed by atoms with Crippen molar-refractivity contribution in [3.05, 3.63) is 35.7 Å². The summed E-state index contributed by atoms with van der Waals surface area (Å²) in [5.41, 5.74) is 3.72. The number of nitrogens with zero attached hydrogens (tertiary/aromatic N) is 3. The zero-order valence-electron chi connectivity index (χ0n) is 10.3. The van der Waals surface area contributed by atoms with Crippen LogP contribution in [0.15, 0.2) is 24.5 Å². The van der Waals surface area contributed by atoms with E-state index in [0.717, 1.165) is 18.2 Å². The molecule has 2 rings (SSSR count). The van der Waals surface area contributed by atoms with Crippen LogP contribution in [-0.2, 0) is 13.2 Å². The van der Waals surface area contributed by atoms with Gasteiger partial charge in [0.25, 0.3) is 0 Å². The summed E-state index contributed by atoms with van der Waals surface area (Å²) in [6, 6.07) is 2.93. The molecular formula is C11H10F3N5O. The monoisotopic (exact) mass is 285 g/mol. The first-order valence-corrected chi connectivity index (χ1v) is 5.36. The summed E-state index contributed by atoms with van der Waals surface area (Å²) < 4.78 is 44.8. The number of alkyl halides is 3. The third-order valence-corrected chi connectivity index (χ3v) is 2.37. The fraction of sp³-hybridized carbons (Fsp3) is 0.182. The van der Waals surface area contributed by atoms with Crippen molar-refractivity contribution in [2.75, 3.05) is 0 Å². The first kappa shape index (κ1) is 13.8. The number of nitrogen functional groups attached to an aromatic ring is 1. The molecule has 2 aromatic rings. The highest BCUT2D eigenvalue weighted by Crippen LogP contribution is 2.34. The first-order valence-electron chi connectivity index (χ1n) is 5.36. The van der Waals surface area contributed by atoms with Gasteiger partial charge in [-0.3, -0.25) is 10.1 Å². The molecule has 1 aromatic carbocycles. The lowest BCUT2D eigenvalue weighted by Gasteiger charge is -2.13. The highest BCUT2D eigenvalue weighted by molar-refractivity contribution is 5.97. The highest BCUT2D eigenvalue weighted by Gasteiger charge is 2.34. The SMILES string of the molecule is Cn1cnc(Oc2ccc(C(F)(F)F)c(C(=N)N)c2)n1. The molecule has 6 nitrogen and oxygen atoms in total. The molecule has 0 saturated heterocycles. The van der Waals surface area contributed by atoms with Crippen molar-refractivity contribution >= 4 is 5.84 Å². The lowest BCUT2D eigenvalue weighted by Crippen LogP contribution is -2.18. The lowest BCUT2D eigenvalue weighted by molar-refractivity contribution is -0.137. The van der Waals surface area contributed by atoms with Crippen LogP contribution in [0.5, 0.6) is 11.8 Å². The molecule has 1 heterocycles. The van der Waals surface area contributed by atoms with Gasteiger partial charge in [0.05, 0.1) is 5.56 Å². The molecule has 0 bridgehead atoms. The maximum atomic E-state index is 12.7. The van der Waals surface area contributed by atoms with Gasteiger partial charge in [-0.1, -0.05) is 0 Å². The van der Waals surface area contributed by atoms with Crippen molar-refractivity contribution in [2.45, 2.75) is 6.18 Å². The quantitative estimate of drug-likeness (QED) is 0.666. The van der Waals surface area contributed by atoms with E-state index in [2.05, 4.69) is 10.1 Å². The Balaban J connectivity index is 2.38. The molecule has 0 spiro atoms. The van der Waals surface area contributed by atoms with Crippen LogP contribution in [0.3, 0.4) is 0 Å². The Hall–Kier alpha value is -2.58. The number of hydrogen-bond donors (Lipinski definition) is 2. The summed E-state index contributed by atoms with van der Waals surface area (Å²) in [5, 5.41) is 11.1. The Morgan fingerprint density at radius 3 is 2.60 bits per heavy atom. The number of halogens is 3. The van der Waals surface area contributed by atoms with Gasteiger partial charge in [-0.25, -0.2) is 0 Å². The minimum absolute atomic E-state index is 0.0123. The Morgan fingerprint density at radius 1 is 1.40 bits per heavy atom. The molecule has 9 heteroatoms. The van der Waals surface area contributed by atoms with Crippen LogP contribution in [0.25, 0.3) is 0 Å². The summed E-state index contributed by atoms with van der Waals surface area (Å²) in [4.78, 5) is 3.78. The zero-order valence-corrected chi connectivity index (χ0v) is 10.3. The van der Waals surface area contributed by atoms with E-state index in [1.165, 1.54) is 11.0 Å². The van der Waals surface area contributed by atoms with Crippen LogP contribution >= 0.6 is 0 Å². The van der Waals surface area contributed by atoms with Crippen molar-refractivity contribution in [2.24, 2.45) is 12.8 Å². The van der Waals surface area contributed by atoms with Crippen molar-refractivity contribution in [1.29, 1.82) is 5.41 Å². The van der Waals surface area contributed by atoms with Gasteiger partial charge in [0, 0.05) is 12.6 Å². The van der Waals surface area contributed by atoms with Crippen LogP contribution in [-0.4, -0.2) is 20.6 Å². The molecule has 0 aliphatic heterocycles. The number of ether oxygens (including phenoxy) is 1. The zero-order chi connectivity index (χ0) is 14.9. The topological polar surface area (TPSA) is 89.8 Å². The number of benzene rings is 1. The summed E-state index contributed by atoms with van der Waals surface area (Å²) in [7, 11) is 1.62. The number of nitrogens with one attached hydrogen (secondary N) is 1. The number of hydrogen-bond acceptors (Lipinski definition) is 4. The lowest BCUT2D eigenvalue weighted by atomic mass is 10.1. The number of nitrogens with two attached hydrogens (primary N) is 1. The van der Waals surface area contributed by atoms with E-state index >= 15 is 0 Å². The third kappa shape index (κ3) is 2.87. The predicted octanol–water partition coefficient (Wildman–Crippen LogP) is 1.91. The van der Waals surface area contributed by atoms with E-state index in [4.69, 9.17) is 15.9 Å². The van der Waals surface area contributed by atoms with Gasteiger partial charge in [-0.05, 0) is 18.2 Å². The maximum Gasteiger partial charge on any atom is 0.417 e. The molecule has 0 fully saturated rings. The van der Waals surface area contributed by atoms with E-state index in [1.54, 1.807) is 7.05 Å². The standard InChI is InChI=1S/C11H10F3N5O/c1-19-5-17-10(18-19)20-6-2-3-8(11(12,13)14)7(4-6)9(15)16/h2-5H,1H3,(H3,15,16). The second-order valence-electron chi connectivity index (χ2n) is 3.92. The molecule has 0 aliphatic carbocycles. The third-order valence-electron chi connectivity index (χ3n) is 2.37. The van der Waals surface area contributed by atoms with Gasteiger partial charge in [0.15, 0.2) is 0 Å². The number of amidine groups is 1. The molecule has 1 aromatic heterocycles. The largest absolute Gasteiger partial charge is 0.423 e. The fourth-order valence-corrected chi connectivity index (χ4v) is 1.53. The molecule has 0 atom stereocenters. The molecule has 20 heavy (non-hydrogen) atoms. The van der Waals surface area contributed by atoms with Crippen molar-refractivity contribution < 1.29 is 17.9 Å². The normalized spacial score (nSPS) is 11.4. The van der Waals surface area contributed by atoms with Crippen molar-refractivity contribution in [1.82, 2.24) is 14.8 Å². The summed E-state index contributed by atoms with van der Waals surface area (Å²) in [5.74, 6) is -0.633. The first-order chi connectivity index (χ1) is 9.27. The number of rotatable bonds is 3. The average molecular weight is 285 g/mol. The van der Waals surface area contributed by atoms with Gasteiger partial charge in [-0.2, -0.15) is 18.2 Å². The van der Waals surface area contributed by atoms with Crippen LogP contribution in [0.2, 0.25) is 0 Å². The van der Waals surface area contributed by atoms with Crippen LogP contribution < -0.4 is 10.5 Å². The Kier molecular flexibility index (Phi) is 3.35. The van der Waals surface area contributed by atoms with Crippen molar-refractivity contribution in [3.8, 4) is 11.8 Å². The fourth-order valence-electron chi connectivity index (χ4n) is 1.53. The second kappa shape index (κ2) is 4.83. The summed E-state index contributed by atoms with van der Waals surface area (Å²) >= 11 is 0. The molecule has 0 aliphatic rings. The number of aryl methyl sites for hydroxylation is 1. The highest BCUT2D eigenvalue weighted by atomic mass is 19.4. The van der Waals surface area contributed by atoms with Gasteiger partial charge in [0.2, 0.25) is 0 Å². The van der Waals surface area contributed by atoms with E-state index in [-0.39, 0.29) is 11.8 Å². The second-order valence-corrected chi connectivity index (χ2v) is 3.92. The Labute approximate surface area is 111 Å². The molecule has 0 radical (unpaired) electrons. The summed E-state index contributed by atoms with van der Waals surface area (Å²) in [6.45, 7) is 0. The van der Waals surface area contributed by atoms with E-state index in [0.29, 0.717) is 0 Å².